The molecule has 1 amide bonds. The first kappa shape index (κ1) is 17.1. The molecule has 24 heavy (non-hydrogen) atoms. The van der Waals surface area contributed by atoms with Crippen LogP contribution < -0.4 is 0 Å². The van der Waals surface area contributed by atoms with Crippen molar-refractivity contribution in [1.29, 1.82) is 0 Å². The number of nitrogens with zero attached hydrogens (tertiary/aromatic N) is 2. The van der Waals surface area contributed by atoms with Gasteiger partial charge in [0.25, 0.3) is 0 Å². The molecule has 5 nitrogen and oxygen atoms in total. The second kappa shape index (κ2) is 7.03. The SMILES string of the molecule is O=C(/C=C/c1ccccc1F)N1CCN([C@@H]2CCS(=O)(=O)C2)CC1. The first-order valence-electron chi connectivity index (χ1n) is 8.11. The van der Waals surface area contributed by atoms with Gasteiger partial charge in [0, 0.05) is 43.9 Å². The van der Waals surface area contributed by atoms with Gasteiger partial charge in [-0.05, 0) is 18.6 Å². The molecule has 1 aromatic carbocycles. The third-order valence-electron chi connectivity index (χ3n) is 4.66. The molecule has 0 radical (unpaired) electrons. The van der Waals surface area contributed by atoms with Gasteiger partial charge in [-0.1, -0.05) is 18.2 Å². The van der Waals surface area contributed by atoms with Crippen molar-refractivity contribution in [2.24, 2.45) is 0 Å². The Morgan fingerprint density at radius 2 is 1.88 bits per heavy atom. The molecule has 3 rings (SSSR count). The van der Waals surface area contributed by atoms with Crippen LogP contribution in [0.2, 0.25) is 0 Å². The molecule has 130 valence electrons. The van der Waals surface area contributed by atoms with E-state index in [9.17, 15) is 17.6 Å². The number of carbonyl (C=O) groups excluding carboxylic acids is 1. The number of carbonyl (C=O) groups is 1. The van der Waals surface area contributed by atoms with Gasteiger partial charge in [-0.25, -0.2) is 12.8 Å². The highest BCUT2D eigenvalue weighted by Gasteiger charge is 2.34. The fourth-order valence-electron chi connectivity index (χ4n) is 3.25. The van der Waals surface area contributed by atoms with E-state index < -0.39 is 9.84 Å². The highest BCUT2D eigenvalue weighted by atomic mass is 32.2. The van der Waals surface area contributed by atoms with E-state index in [1.807, 2.05) is 0 Å². The minimum Gasteiger partial charge on any atom is -0.337 e. The summed E-state index contributed by atoms with van der Waals surface area (Å²) < 4.78 is 36.7. The van der Waals surface area contributed by atoms with Gasteiger partial charge in [-0.15, -0.1) is 0 Å². The van der Waals surface area contributed by atoms with Crippen LogP contribution in [0.15, 0.2) is 30.3 Å². The Bertz CT molecular complexity index is 740. The van der Waals surface area contributed by atoms with Crippen molar-refractivity contribution in [3.05, 3.63) is 41.7 Å². The Balaban J connectivity index is 1.53. The van der Waals surface area contributed by atoms with Gasteiger partial charge >= 0.3 is 0 Å². The third-order valence-corrected chi connectivity index (χ3v) is 6.41. The molecule has 0 N–H and O–H groups in total. The normalized spacial score (nSPS) is 24.5. The number of hydrogen-bond donors (Lipinski definition) is 0. The molecule has 2 saturated heterocycles. The zero-order valence-corrected chi connectivity index (χ0v) is 14.2. The zero-order chi connectivity index (χ0) is 17.2. The maximum atomic E-state index is 13.5. The Morgan fingerprint density at radius 1 is 1.17 bits per heavy atom. The van der Waals surface area contributed by atoms with Crippen molar-refractivity contribution in [2.75, 3.05) is 37.7 Å². The number of rotatable bonds is 3. The van der Waals surface area contributed by atoms with Crippen LogP contribution in [-0.4, -0.2) is 67.9 Å². The summed E-state index contributed by atoms with van der Waals surface area (Å²) in [4.78, 5) is 16.1. The van der Waals surface area contributed by atoms with Crippen LogP contribution in [0.3, 0.4) is 0 Å². The van der Waals surface area contributed by atoms with Crippen molar-refractivity contribution in [3.63, 3.8) is 0 Å². The van der Waals surface area contributed by atoms with Gasteiger partial charge in [0.05, 0.1) is 11.5 Å². The number of amides is 1. The molecule has 1 aromatic rings. The molecular weight excluding hydrogens is 331 g/mol. The van der Waals surface area contributed by atoms with E-state index in [-0.39, 0.29) is 29.3 Å². The molecule has 2 aliphatic rings. The highest BCUT2D eigenvalue weighted by molar-refractivity contribution is 7.91. The molecule has 2 heterocycles. The lowest BCUT2D eigenvalue weighted by Crippen LogP contribution is -2.52. The number of piperazine rings is 1. The predicted molar refractivity (Wildman–Crippen MR) is 90.6 cm³/mol. The molecule has 7 heteroatoms. The second-order valence-electron chi connectivity index (χ2n) is 6.27. The van der Waals surface area contributed by atoms with E-state index in [2.05, 4.69) is 4.90 Å². The van der Waals surface area contributed by atoms with Gasteiger partial charge in [-0.3, -0.25) is 9.69 Å². The lowest BCUT2D eigenvalue weighted by Gasteiger charge is -2.37. The molecule has 0 aromatic heterocycles. The summed E-state index contributed by atoms with van der Waals surface area (Å²) in [7, 11) is -2.89. The first-order valence-corrected chi connectivity index (χ1v) is 9.93. The largest absolute Gasteiger partial charge is 0.337 e. The Morgan fingerprint density at radius 3 is 2.50 bits per heavy atom. The van der Waals surface area contributed by atoms with Crippen molar-refractivity contribution < 1.29 is 17.6 Å². The highest BCUT2D eigenvalue weighted by Crippen LogP contribution is 2.19. The predicted octanol–water partition coefficient (Wildman–Crippen LogP) is 1.17. The monoisotopic (exact) mass is 352 g/mol. The molecule has 2 aliphatic heterocycles. The van der Waals surface area contributed by atoms with Crippen LogP contribution >= 0.6 is 0 Å². The minimum atomic E-state index is -2.89. The van der Waals surface area contributed by atoms with Gasteiger partial charge in [-0.2, -0.15) is 0 Å². The van der Waals surface area contributed by atoms with Crippen molar-refractivity contribution >= 4 is 21.8 Å². The summed E-state index contributed by atoms with van der Waals surface area (Å²) in [6.07, 6.45) is 3.57. The third kappa shape index (κ3) is 4.02. The molecular formula is C17H21FN2O3S. The van der Waals surface area contributed by atoms with Crippen LogP contribution in [0.1, 0.15) is 12.0 Å². The van der Waals surface area contributed by atoms with Gasteiger partial charge in [0.2, 0.25) is 5.91 Å². The van der Waals surface area contributed by atoms with Crippen LogP contribution in [0.25, 0.3) is 6.08 Å². The lowest BCUT2D eigenvalue weighted by atomic mass is 10.1. The number of halogens is 1. The number of sulfone groups is 1. The summed E-state index contributed by atoms with van der Waals surface area (Å²) >= 11 is 0. The fraction of sp³-hybridized carbons (Fsp3) is 0.471. The zero-order valence-electron chi connectivity index (χ0n) is 13.4. The van der Waals surface area contributed by atoms with Gasteiger partial charge in [0.1, 0.15) is 5.82 Å². The van der Waals surface area contributed by atoms with E-state index in [0.29, 0.717) is 38.2 Å². The lowest BCUT2D eigenvalue weighted by molar-refractivity contribution is -0.127. The van der Waals surface area contributed by atoms with E-state index in [4.69, 9.17) is 0 Å². The number of hydrogen-bond acceptors (Lipinski definition) is 4. The summed E-state index contributed by atoms with van der Waals surface area (Å²) in [5, 5.41) is 0. The van der Waals surface area contributed by atoms with Crippen molar-refractivity contribution in [2.45, 2.75) is 12.5 Å². The summed E-state index contributed by atoms with van der Waals surface area (Å²) in [6.45, 7) is 2.49. The van der Waals surface area contributed by atoms with E-state index in [0.717, 1.165) is 0 Å². The van der Waals surface area contributed by atoms with E-state index in [1.54, 1.807) is 23.1 Å². The molecule has 0 spiro atoms. The Kier molecular flexibility index (Phi) is 5.01. The van der Waals surface area contributed by atoms with Crippen molar-refractivity contribution in [3.8, 4) is 0 Å². The maximum absolute atomic E-state index is 13.5. The minimum absolute atomic E-state index is 0.0845. The first-order chi connectivity index (χ1) is 11.4. The smallest absolute Gasteiger partial charge is 0.246 e. The van der Waals surface area contributed by atoms with Crippen LogP contribution in [0.5, 0.6) is 0 Å². The molecule has 0 unspecified atom stereocenters. The average Bonchev–Trinajstić information content (AvgIpc) is 2.94. The maximum Gasteiger partial charge on any atom is 0.246 e. The van der Waals surface area contributed by atoms with Crippen LogP contribution in [0, 0.1) is 5.82 Å². The standard InChI is InChI=1S/C17H21FN2O3S/c18-16-4-2-1-3-14(16)5-6-17(21)20-10-8-19(9-11-20)15-7-12-24(22,23)13-15/h1-6,15H,7-13H2/b6-5+/t15-/m1/s1. The van der Waals surface area contributed by atoms with Crippen LogP contribution in [-0.2, 0) is 14.6 Å². The molecule has 0 bridgehead atoms. The molecule has 1 atom stereocenters. The average molecular weight is 352 g/mol. The Hall–Kier alpha value is -1.73. The van der Waals surface area contributed by atoms with Crippen LogP contribution in [0.4, 0.5) is 4.39 Å². The van der Waals surface area contributed by atoms with E-state index >= 15 is 0 Å². The Labute approximate surface area is 141 Å². The second-order valence-corrected chi connectivity index (χ2v) is 8.50. The topological polar surface area (TPSA) is 57.7 Å². The van der Waals surface area contributed by atoms with Gasteiger partial charge in [0.15, 0.2) is 9.84 Å². The summed E-state index contributed by atoms with van der Waals surface area (Å²) in [5.41, 5.74) is 0.389. The quantitative estimate of drug-likeness (QED) is 0.767. The summed E-state index contributed by atoms with van der Waals surface area (Å²) in [6, 6.07) is 6.40. The van der Waals surface area contributed by atoms with Crippen molar-refractivity contribution in [1.82, 2.24) is 9.80 Å². The van der Waals surface area contributed by atoms with E-state index in [1.165, 1.54) is 18.2 Å². The number of benzene rings is 1. The van der Waals surface area contributed by atoms with Gasteiger partial charge < -0.3 is 4.90 Å². The molecule has 2 fully saturated rings. The molecule has 0 aliphatic carbocycles. The fourth-order valence-corrected chi connectivity index (χ4v) is 5.01. The molecule has 0 saturated carbocycles. The summed E-state index contributed by atoms with van der Waals surface area (Å²) in [5.74, 6) is 0.00168.